The Hall–Kier alpha value is -5.04. The molecule has 0 unspecified atom stereocenters. The van der Waals surface area contributed by atoms with Crippen LogP contribution in [0.1, 0.15) is 59.8 Å². The quantitative estimate of drug-likeness (QED) is 0.125. The van der Waals surface area contributed by atoms with E-state index in [0.29, 0.717) is 17.5 Å². The van der Waals surface area contributed by atoms with Crippen LogP contribution in [0.2, 0.25) is 0 Å². The number of nitrogens with zero attached hydrogens (tertiary/aromatic N) is 3. The first-order valence-corrected chi connectivity index (χ1v) is 14.2. The lowest BCUT2D eigenvalue weighted by atomic mass is 9.89. The topological polar surface area (TPSA) is 83.8 Å². The third kappa shape index (κ3) is 6.00. The minimum atomic E-state index is -0.451. The molecule has 5 rings (SSSR count). The SMILES string of the molecule is CCCc1ccc(C(=O)N2c3ccccc3[C@H](N(C(=O)/C=C/c3ccc([N+](=O)[O-])cc3)c3ccccc3)C[C@@H]2C)cc1. The predicted octanol–water partition coefficient (Wildman–Crippen LogP) is 7.77. The molecule has 2 amide bonds. The van der Waals surface area contributed by atoms with E-state index in [1.807, 2.05) is 90.7 Å². The highest BCUT2D eigenvalue weighted by Crippen LogP contribution is 2.43. The number of carbonyl (C=O) groups is 2. The van der Waals surface area contributed by atoms with E-state index >= 15 is 0 Å². The fourth-order valence-corrected chi connectivity index (χ4v) is 5.58. The molecule has 2 atom stereocenters. The van der Waals surface area contributed by atoms with E-state index in [4.69, 9.17) is 0 Å². The molecule has 1 heterocycles. The standard InChI is InChI=1S/C35H33N3O4/c1-3-9-26-14-19-28(20-15-26)35(40)36-25(2)24-33(31-12-7-8-13-32(31)36)37(29-10-5-4-6-11-29)34(39)23-18-27-16-21-30(22-17-27)38(41)42/h4-8,10-23,25,33H,3,9,24H2,1-2H3/b23-18+/t25-,33+/m0/s1. The number of nitro groups is 1. The predicted molar refractivity (Wildman–Crippen MR) is 167 cm³/mol. The van der Waals surface area contributed by atoms with Gasteiger partial charge in [0.2, 0.25) is 0 Å². The number of aryl methyl sites for hydroxylation is 1. The normalized spacial score (nSPS) is 16.2. The Kier molecular flexibility index (Phi) is 8.58. The van der Waals surface area contributed by atoms with Crippen molar-refractivity contribution >= 4 is 35.0 Å². The van der Waals surface area contributed by atoms with E-state index < -0.39 is 4.92 Å². The van der Waals surface area contributed by atoms with Crippen molar-refractivity contribution in [3.05, 3.63) is 142 Å². The van der Waals surface area contributed by atoms with Crippen molar-refractivity contribution < 1.29 is 14.5 Å². The highest BCUT2D eigenvalue weighted by Gasteiger charge is 2.38. The van der Waals surface area contributed by atoms with Gasteiger partial charge in [0.05, 0.1) is 11.0 Å². The molecule has 1 aliphatic rings. The van der Waals surface area contributed by atoms with Gasteiger partial charge in [-0.1, -0.05) is 61.9 Å². The molecule has 0 fully saturated rings. The maximum atomic E-state index is 13.9. The van der Waals surface area contributed by atoms with Gasteiger partial charge in [-0.15, -0.1) is 0 Å². The van der Waals surface area contributed by atoms with E-state index in [-0.39, 0.29) is 29.6 Å². The van der Waals surface area contributed by atoms with Crippen LogP contribution in [-0.4, -0.2) is 22.8 Å². The average molecular weight is 560 g/mol. The van der Waals surface area contributed by atoms with Crippen LogP contribution in [0.5, 0.6) is 0 Å². The van der Waals surface area contributed by atoms with Crippen LogP contribution in [0.15, 0.2) is 109 Å². The minimum Gasteiger partial charge on any atom is -0.305 e. The van der Waals surface area contributed by atoms with E-state index in [1.54, 1.807) is 23.1 Å². The van der Waals surface area contributed by atoms with E-state index in [1.165, 1.54) is 23.8 Å². The van der Waals surface area contributed by atoms with Crippen molar-refractivity contribution in [2.75, 3.05) is 9.80 Å². The Morgan fingerprint density at radius 2 is 1.60 bits per heavy atom. The van der Waals surface area contributed by atoms with Gasteiger partial charge in [0.1, 0.15) is 0 Å². The molecule has 0 saturated carbocycles. The van der Waals surface area contributed by atoms with Crippen LogP contribution in [0.25, 0.3) is 6.08 Å². The molecular weight excluding hydrogens is 526 g/mol. The van der Waals surface area contributed by atoms with Crippen molar-refractivity contribution in [1.82, 2.24) is 0 Å². The lowest BCUT2D eigenvalue weighted by Crippen LogP contribution is -2.47. The van der Waals surface area contributed by atoms with Crippen LogP contribution in [0.4, 0.5) is 17.1 Å². The molecule has 4 aromatic rings. The molecular formula is C35H33N3O4. The second kappa shape index (κ2) is 12.6. The first-order valence-electron chi connectivity index (χ1n) is 14.2. The molecule has 0 aromatic heterocycles. The zero-order valence-electron chi connectivity index (χ0n) is 23.7. The molecule has 0 radical (unpaired) electrons. The lowest BCUT2D eigenvalue weighted by molar-refractivity contribution is -0.384. The molecule has 7 nitrogen and oxygen atoms in total. The van der Waals surface area contributed by atoms with Gasteiger partial charge in [0.25, 0.3) is 17.5 Å². The van der Waals surface area contributed by atoms with Gasteiger partial charge in [-0.25, -0.2) is 0 Å². The van der Waals surface area contributed by atoms with Crippen LogP contribution >= 0.6 is 0 Å². The summed E-state index contributed by atoms with van der Waals surface area (Å²) in [4.78, 5) is 41.9. The van der Waals surface area contributed by atoms with Crippen molar-refractivity contribution in [3.8, 4) is 0 Å². The summed E-state index contributed by atoms with van der Waals surface area (Å²) in [5, 5.41) is 11.0. The number of fused-ring (bicyclic) bond motifs is 1. The van der Waals surface area contributed by atoms with Gasteiger partial charge in [-0.05, 0) is 85.0 Å². The highest BCUT2D eigenvalue weighted by atomic mass is 16.6. The van der Waals surface area contributed by atoms with E-state index in [0.717, 1.165) is 29.8 Å². The van der Waals surface area contributed by atoms with E-state index in [9.17, 15) is 19.7 Å². The molecule has 7 heteroatoms. The van der Waals surface area contributed by atoms with Gasteiger partial charge in [-0.2, -0.15) is 0 Å². The van der Waals surface area contributed by atoms with Gasteiger partial charge in [0, 0.05) is 41.2 Å². The zero-order chi connectivity index (χ0) is 29.6. The maximum absolute atomic E-state index is 13.9. The second-order valence-corrected chi connectivity index (χ2v) is 10.5. The summed E-state index contributed by atoms with van der Waals surface area (Å²) in [6.07, 6.45) is 5.73. The van der Waals surface area contributed by atoms with E-state index in [2.05, 4.69) is 6.92 Å². The minimum absolute atomic E-state index is 0.00630. The summed E-state index contributed by atoms with van der Waals surface area (Å²) in [5.41, 5.74) is 4.95. The smallest absolute Gasteiger partial charge is 0.269 e. The van der Waals surface area contributed by atoms with Crippen molar-refractivity contribution in [2.24, 2.45) is 0 Å². The number of non-ortho nitro benzene ring substituents is 1. The number of para-hydroxylation sites is 2. The Morgan fingerprint density at radius 1 is 0.929 bits per heavy atom. The fourth-order valence-electron chi connectivity index (χ4n) is 5.58. The summed E-state index contributed by atoms with van der Waals surface area (Å²) in [6.45, 7) is 4.16. The Morgan fingerprint density at radius 3 is 2.26 bits per heavy atom. The second-order valence-electron chi connectivity index (χ2n) is 10.5. The summed E-state index contributed by atoms with van der Waals surface area (Å²) < 4.78 is 0. The number of rotatable bonds is 8. The molecule has 4 aromatic carbocycles. The molecule has 1 aliphatic heterocycles. The Balaban J connectivity index is 1.49. The largest absolute Gasteiger partial charge is 0.305 e. The van der Waals surface area contributed by atoms with Crippen molar-refractivity contribution in [2.45, 2.75) is 45.2 Å². The first-order chi connectivity index (χ1) is 20.4. The lowest BCUT2D eigenvalue weighted by Gasteiger charge is -2.43. The Bertz CT molecular complexity index is 1600. The molecule has 212 valence electrons. The first kappa shape index (κ1) is 28.5. The number of hydrogen-bond acceptors (Lipinski definition) is 4. The third-order valence-electron chi connectivity index (χ3n) is 7.62. The molecule has 42 heavy (non-hydrogen) atoms. The maximum Gasteiger partial charge on any atom is 0.269 e. The van der Waals surface area contributed by atoms with Gasteiger partial charge in [0.15, 0.2) is 0 Å². The van der Waals surface area contributed by atoms with Crippen LogP contribution < -0.4 is 9.80 Å². The van der Waals surface area contributed by atoms with Gasteiger partial charge >= 0.3 is 0 Å². The van der Waals surface area contributed by atoms with Crippen LogP contribution in [-0.2, 0) is 11.2 Å². The number of carbonyl (C=O) groups excluding carboxylic acids is 2. The number of anilines is 2. The number of hydrogen-bond donors (Lipinski definition) is 0. The summed E-state index contributed by atoms with van der Waals surface area (Å²) in [6, 6.07) is 30.7. The van der Waals surface area contributed by atoms with Crippen molar-refractivity contribution in [1.29, 1.82) is 0 Å². The highest BCUT2D eigenvalue weighted by molar-refractivity contribution is 6.08. The molecule has 0 bridgehead atoms. The summed E-state index contributed by atoms with van der Waals surface area (Å²) in [7, 11) is 0. The average Bonchev–Trinajstić information content (AvgIpc) is 3.01. The fraction of sp³-hybridized carbons (Fsp3) is 0.200. The van der Waals surface area contributed by atoms with Crippen LogP contribution in [0.3, 0.4) is 0 Å². The van der Waals surface area contributed by atoms with Crippen molar-refractivity contribution in [3.63, 3.8) is 0 Å². The molecule has 0 spiro atoms. The van der Waals surface area contributed by atoms with Gasteiger partial charge < -0.3 is 9.80 Å². The van der Waals surface area contributed by atoms with Crippen LogP contribution in [0, 0.1) is 10.1 Å². The Labute approximate surface area is 245 Å². The number of benzene rings is 4. The monoisotopic (exact) mass is 559 g/mol. The number of nitro benzene ring substituents is 1. The van der Waals surface area contributed by atoms with Gasteiger partial charge in [-0.3, -0.25) is 19.7 Å². The molecule has 0 aliphatic carbocycles. The molecule has 0 saturated heterocycles. The number of amides is 2. The summed E-state index contributed by atoms with van der Waals surface area (Å²) >= 11 is 0. The zero-order valence-corrected chi connectivity index (χ0v) is 23.7. The summed E-state index contributed by atoms with van der Waals surface area (Å²) in [5.74, 6) is -0.287. The molecule has 0 N–H and O–H groups in total. The third-order valence-corrected chi connectivity index (χ3v) is 7.62.